The van der Waals surface area contributed by atoms with Crippen LogP contribution in [0.15, 0.2) is 71.8 Å². The molecule has 0 unspecified atom stereocenters. The molecule has 0 aliphatic heterocycles. The van der Waals surface area contributed by atoms with Gasteiger partial charge in [0, 0.05) is 29.2 Å². The van der Waals surface area contributed by atoms with Gasteiger partial charge in [0.2, 0.25) is 15.9 Å². The van der Waals surface area contributed by atoms with Crippen molar-refractivity contribution in [2.45, 2.75) is 43.7 Å². The van der Waals surface area contributed by atoms with Gasteiger partial charge in [0.05, 0.1) is 30.1 Å². The Hall–Kier alpha value is -3.40. The molecular formula is C28H29ClN4O4S. The summed E-state index contributed by atoms with van der Waals surface area (Å²) in [4.78, 5) is 12.9. The predicted octanol–water partition coefficient (Wildman–Crippen LogP) is 5.16. The van der Waals surface area contributed by atoms with E-state index in [2.05, 4.69) is 15.1 Å². The van der Waals surface area contributed by atoms with Gasteiger partial charge in [-0.15, -0.1) is 0 Å². The molecular weight excluding hydrogens is 524 g/mol. The van der Waals surface area contributed by atoms with E-state index in [1.165, 1.54) is 12.5 Å². The minimum absolute atomic E-state index is 0.0661. The van der Waals surface area contributed by atoms with Crippen molar-refractivity contribution in [1.29, 1.82) is 0 Å². The highest BCUT2D eigenvalue weighted by Crippen LogP contribution is 2.32. The molecule has 0 bridgehead atoms. The van der Waals surface area contributed by atoms with Crippen molar-refractivity contribution >= 4 is 44.1 Å². The molecule has 1 amide bonds. The van der Waals surface area contributed by atoms with Crippen LogP contribution in [0.3, 0.4) is 0 Å². The molecule has 38 heavy (non-hydrogen) atoms. The Morgan fingerprint density at radius 1 is 1.13 bits per heavy atom. The van der Waals surface area contributed by atoms with Crippen molar-refractivity contribution in [1.82, 2.24) is 14.5 Å². The molecule has 0 spiro atoms. The summed E-state index contributed by atoms with van der Waals surface area (Å²) >= 11 is 6.22. The van der Waals surface area contributed by atoms with Gasteiger partial charge in [0.15, 0.2) is 0 Å². The van der Waals surface area contributed by atoms with Crippen LogP contribution < -0.4 is 14.8 Å². The number of nitrogens with zero attached hydrogens (tertiary/aromatic N) is 2. The normalized spacial score (nSPS) is 13.8. The van der Waals surface area contributed by atoms with E-state index in [9.17, 15) is 13.2 Å². The molecule has 4 aromatic rings. The second kappa shape index (κ2) is 11.1. The van der Waals surface area contributed by atoms with E-state index in [1.807, 2.05) is 10.7 Å². The third-order valence-electron chi connectivity index (χ3n) is 6.89. The number of methoxy groups -OCH3 is 1. The summed E-state index contributed by atoms with van der Waals surface area (Å²) in [5.74, 6) is 0.916. The van der Waals surface area contributed by atoms with Crippen LogP contribution in [0.4, 0.5) is 5.69 Å². The van der Waals surface area contributed by atoms with Gasteiger partial charge in [-0.3, -0.25) is 9.48 Å². The quantitative estimate of drug-likeness (QED) is 0.283. The highest BCUT2D eigenvalue weighted by atomic mass is 35.5. The highest BCUT2D eigenvalue weighted by Gasteiger charge is 2.24. The molecule has 1 aromatic heterocycles. The van der Waals surface area contributed by atoms with Crippen LogP contribution in [0, 0.1) is 5.92 Å². The molecule has 1 heterocycles. The Bertz CT molecular complexity index is 1560. The summed E-state index contributed by atoms with van der Waals surface area (Å²) in [7, 11) is -2.36. The van der Waals surface area contributed by atoms with Gasteiger partial charge >= 0.3 is 0 Å². The molecule has 2 N–H and O–H groups in total. The smallest absolute Gasteiger partial charge is 0.241 e. The van der Waals surface area contributed by atoms with Crippen LogP contribution in [0.1, 0.15) is 30.4 Å². The minimum Gasteiger partial charge on any atom is -0.497 e. The number of hydrogen-bond donors (Lipinski definition) is 2. The van der Waals surface area contributed by atoms with Gasteiger partial charge in [0.1, 0.15) is 5.75 Å². The fraction of sp³-hybridized carbons (Fsp3) is 0.286. The average Bonchev–Trinajstić information content (AvgIpc) is 3.28. The van der Waals surface area contributed by atoms with Gasteiger partial charge in [-0.2, -0.15) is 5.10 Å². The molecule has 8 nitrogen and oxygen atoms in total. The first-order chi connectivity index (χ1) is 18.3. The van der Waals surface area contributed by atoms with Gasteiger partial charge in [0.25, 0.3) is 0 Å². The minimum atomic E-state index is -3.94. The predicted molar refractivity (Wildman–Crippen MR) is 148 cm³/mol. The zero-order chi connectivity index (χ0) is 26.7. The highest BCUT2D eigenvalue weighted by molar-refractivity contribution is 7.89. The number of carbonyl (C=O) groups excluding carboxylic acids is 1. The monoisotopic (exact) mass is 552 g/mol. The van der Waals surface area contributed by atoms with Crippen LogP contribution in [-0.4, -0.2) is 31.2 Å². The Morgan fingerprint density at radius 2 is 1.89 bits per heavy atom. The van der Waals surface area contributed by atoms with E-state index in [-0.39, 0.29) is 23.8 Å². The molecule has 10 heteroatoms. The number of anilines is 1. The van der Waals surface area contributed by atoms with Crippen LogP contribution in [0.25, 0.3) is 10.9 Å². The van der Waals surface area contributed by atoms with Gasteiger partial charge in [-0.05, 0) is 60.2 Å². The zero-order valence-electron chi connectivity index (χ0n) is 21.0. The largest absolute Gasteiger partial charge is 0.497 e. The molecule has 0 atom stereocenters. The summed E-state index contributed by atoms with van der Waals surface area (Å²) in [6.45, 7) is 0.812. The first kappa shape index (κ1) is 26.2. The maximum absolute atomic E-state index is 13.5. The van der Waals surface area contributed by atoms with Gasteiger partial charge in [-0.1, -0.05) is 48.4 Å². The summed E-state index contributed by atoms with van der Waals surface area (Å²) in [6, 6.07) is 17.6. The van der Waals surface area contributed by atoms with Crippen molar-refractivity contribution in [3.05, 3.63) is 83.0 Å². The van der Waals surface area contributed by atoms with Gasteiger partial charge < -0.3 is 10.1 Å². The lowest BCUT2D eigenvalue weighted by atomic mass is 9.85. The maximum Gasteiger partial charge on any atom is 0.241 e. The summed E-state index contributed by atoms with van der Waals surface area (Å²) < 4.78 is 36.7. The number of rotatable bonds is 10. The van der Waals surface area contributed by atoms with Crippen LogP contribution in [0.2, 0.25) is 5.02 Å². The molecule has 1 aliphatic carbocycles. The van der Waals surface area contributed by atoms with E-state index in [1.54, 1.807) is 61.8 Å². The lowest BCUT2D eigenvalue weighted by molar-refractivity contribution is -0.115. The maximum atomic E-state index is 13.5. The SMILES string of the molecule is COc1ccc(CNS(=O)(=O)c2cc(NC(=O)Cc3ccccc3Cl)cc3c2cnn3CC2CCC2)cc1. The number of amides is 1. The standard InChI is InChI=1S/C28H29ClN4O4S/c1-37-23-11-9-19(10-12-23)16-31-38(35,36)27-15-22(32-28(34)13-21-7-2-3-8-25(21)29)14-26-24(27)17-30-33(26)18-20-5-4-6-20/h2-3,7-12,14-15,17,20,31H,4-6,13,16,18H2,1H3,(H,32,34). The molecule has 3 aromatic carbocycles. The molecule has 0 saturated heterocycles. The van der Waals surface area contributed by atoms with Crippen molar-refractivity contribution in [2.75, 3.05) is 12.4 Å². The lowest BCUT2D eigenvalue weighted by Crippen LogP contribution is -2.24. The Morgan fingerprint density at radius 3 is 2.58 bits per heavy atom. The van der Waals surface area contributed by atoms with Crippen LogP contribution >= 0.6 is 11.6 Å². The second-order valence-corrected chi connectivity index (χ2v) is 11.7. The van der Waals surface area contributed by atoms with Crippen molar-refractivity contribution in [3.63, 3.8) is 0 Å². The average molecular weight is 553 g/mol. The summed E-state index contributed by atoms with van der Waals surface area (Å²) in [5.41, 5.74) is 2.53. The number of aromatic nitrogens is 2. The Kier molecular flexibility index (Phi) is 7.69. The van der Waals surface area contributed by atoms with E-state index < -0.39 is 10.0 Å². The number of carbonyl (C=O) groups is 1. The van der Waals surface area contributed by atoms with Gasteiger partial charge in [-0.25, -0.2) is 13.1 Å². The fourth-order valence-corrected chi connectivity index (χ4v) is 5.97. The number of hydrogen-bond acceptors (Lipinski definition) is 5. The number of ether oxygens (including phenoxy) is 1. The van der Waals surface area contributed by atoms with E-state index in [0.717, 1.165) is 18.4 Å². The number of fused-ring (bicyclic) bond motifs is 1. The molecule has 0 radical (unpaired) electrons. The van der Waals surface area contributed by atoms with Crippen molar-refractivity contribution in [2.24, 2.45) is 5.92 Å². The fourth-order valence-electron chi connectivity index (χ4n) is 4.52. The molecule has 1 fully saturated rings. The number of benzene rings is 3. The zero-order valence-corrected chi connectivity index (χ0v) is 22.6. The number of nitrogens with one attached hydrogen (secondary N) is 2. The van der Waals surface area contributed by atoms with E-state index in [0.29, 0.717) is 45.4 Å². The third-order valence-corrected chi connectivity index (χ3v) is 8.70. The first-order valence-corrected chi connectivity index (χ1v) is 14.3. The molecule has 1 saturated carbocycles. The summed E-state index contributed by atoms with van der Waals surface area (Å²) in [5, 5.41) is 8.38. The van der Waals surface area contributed by atoms with Crippen LogP contribution in [0.5, 0.6) is 5.75 Å². The molecule has 198 valence electrons. The lowest BCUT2D eigenvalue weighted by Gasteiger charge is -2.25. The van der Waals surface area contributed by atoms with Crippen molar-refractivity contribution < 1.29 is 17.9 Å². The van der Waals surface area contributed by atoms with E-state index in [4.69, 9.17) is 16.3 Å². The van der Waals surface area contributed by atoms with E-state index >= 15 is 0 Å². The van der Waals surface area contributed by atoms with Crippen molar-refractivity contribution in [3.8, 4) is 5.75 Å². The molecule has 1 aliphatic rings. The Labute approximate surface area is 227 Å². The topological polar surface area (TPSA) is 102 Å². The van der Waals surface area contributed by atoms with Crippen LogP contribution in [-0.2, 0) is 34.3 Å². The Balaban J connectivity index is 1.44. The first-order valence-electron chi connectivity index (χ1n) is 12.5. The second-order valence-electron chi connectivity index (χ2n) is 9.52. The summed E-state index contributed by atoms with van der Waals surface area (Å²) in [6.07, 6.45) is 5.11. The number of sulfonamides is 1. The number of halogens is 1. The molecule has 5 rings (SSSR count). The third kappa shape index (κ3) is 5.85.